The van der Waals surface area contributed by atoms with Crippen LogP contribution in [0.1, 0.15) is 24.8 Å². The van der Waals surface area contributed by atoms with E-state index in [2.05, 4.69) is 47.4 Å². The Hall–Kier alpha value is -0.470. The number of rotatable bonds is 4. The molecule has 0 aromatic heterocycles. The highest BCUT2D eigenvalue weighted by atomic mass is 32.2. The second-order valence-corrected chi connectivity index (χ2v) is 5.51. The van der Waals surface area contributed by atoms with Crippen LogP contribution < -0.4 is 5.32 Å². The van der Waals surface area contributed by atoms with Gasteiger partial charge >= 0.3 is 0 Å². The molecule has 2 rings (SSSR count). The summed E-state index contributed by atoms with van der Waals surface area (Å²) in [5, 5.41) is 4.40. The lowest BCUT2D eigenvalue weighted by Crippen LogP contribution is -2.26. The Labute approximate surface area is 96.7 Å². The number of nitrogens with one attached hydrogen (secondary N) is 1. The highest BCUT2D eigenvalue weighted by Gasteiger charge is 2.12. The van der Waals surface area contributed by atoms with E-state index in [9.17, 15) is 0 Å². The van der Waals surface area contributed by atoms with E-state index in [0.29, 0.717) is 0 Å². The van der Waals surface area contributed by atoms with Crippen LogP contribution in [0.4, 0.5) is 0 Å². The van der Waals surface area contributed by atoms with E-state index < -0.39 is 0 Å². The van der Waals surface area contributed by atoms with Crippen LogP contribution in [0.5, 0.6) is 0 Å². The van der Waals surface area contributed by atoms with Crippen molar-refractivity contribution in [3.8, 4) is 0 Å². The van der Waals surface area contributed by atoms with Gasteiger partial charge in [0.25, 0.3) is 0 Å². The molecular formula is C13H19NS. The summed E-state index contributed by atoms with van der Waals surface area (Å²) in [5.74, 6) is 1.36. The lowest BCUT2D eigenvalue weighted by atomic mass is 10.2. The molecule has 1 aliphatic heterocycles. The fraction of sp³-hybridized carbons (Fsp3) is 0.538. The standard InChI is InChI=1S/C13H19NS/c1-2-6-12(7-3-1)10-14-11-13-8-4-5-9-15-13/h1-3,6-7,13-14H,4-5,8-11H2. The van der Waals surface area contributed by atoms with Crippen LogP contribution in [-0.4, -0.2) is 17.5 Å². The summed E-state index contributed by atoms with van der Waals surface area (Å²) in [7, 11) is 0. The number of hydrogen-bond donors (Lipinski definition) is 1. The van der Waals surface area contributed by atoms with Gasteiger partial charge in [0.2, 0.25) is 0 Å². The Morgan fingerprint density at radius 3 is 2.80 bits per heavy atom. The van der Waals surface area contributed by atoms with Crippen molar-refractivity contribution in [3.05, 3.63) is 35.9 Å². The molecule has 1 N–H and O–H groups in total. The normalized spacial score (nSPS) is 21.5. The summed E-state index contributed by atoms with van der Waals surface area (Å²) < 4.78 is 0. The summed E-state index contributed by atoms with van der Waals surface area (Å²) >= 11 is 2.14. The summed E-state index contributed by atoms with van der Waals surface area (Å²) in [6.07, 6.45) is 4.23. The van der Waals surface area contributed by atoms with Crippen molar-refractivity contribution >= 4 is 11.8 Å². The predicted octanol–water partition coefficient (Wildman–Crippen LogP) is 3.06. The zero-order valence-corrected chi connectivity index (χ0v) is 9.93. The van der Waals surface area contributed by atoms with E-state index in [1.807, 2.05) is 0 Å². The predicted molar refractivity (Wildman–Crippen MR) is 68.2 cm³/mol. The van der Waals surface area contributed by atoms with Crippen LogP contribution in [0.3, 0.4) is 0 Å². The van der Waals surface area contributed by atoms with Crippen LogP contribution in [0.2, 0.25) is 0 Å². The molecule has 1 fully saturated rings. The van der Waals surface area contributed by atoms with Crippen molar-refractivity contribution < 1.29 is 0 Å². The third-order valence-electron chi connectivity index (χ3n) is 2.82. The molecule has 0 aliphatic carbocycles. The van der Waals surface area contributed by atoms with Crippen LogP contribution in [0.25, 0.3) is 0 Å². The van der Waals surface area contributed by atoms with Gasteiger partial charge in [-0.25, -0.2) is 0 Å². The summed E-state index contributed by atoms with van der Waals surface area (Å²) in [6.45, 7) is 2.18. The molecule has 1 aromatic rings. The Kier molecular flexibility index (Phi) is 4.55. The maximum absolute atomic E-state index is 3.55. The summed E-state index contributed by atoms with van der Waals surface area (Å²) in [5.41, 5.74) is 1.39. The lowest BCUT2D eigenvalue weighted by Gasteiger charge is -2.21. The van der Waals surface area contributed by atoms with Crippen molar-refractivity contribution in [3.63, 3.8) is 0 Å². The van der Waals surface area contributed by atoms with Gasteiger partial charge in [-0.2, -0.15) is 11.8 Å². The highest BCUT2D eigenvalue weighted by Crippen LogP contribution is 2.24. The van der Waals surface area contributed by atoms with Gasteiger partial charge in [-0.15, -0.1) is 0 Å². The van der Waals surface area contributed by atoms with Gasteiger partial charge in [0, 0.05) is 18.3 Å². The average Bonchev–Trinajstić information content (AvgIpc) is 2.32. The van der Waals surface area contributed by atoms with E-state index >= 15 is 0 Å². The largest absolute Gasteiger partial charge is 0.312 e. The third kappa shape index (κ3) is 3.88. The molecule has 0 radical (unpaired) electrons. The van der Waals surface area contributed by atoms with E-state index in [0.717, 1.165) is 11.8 Å². The molecule has 82 valence electrons. The molecule has 1 saturated heterocycles. The zero-order chi connectivity index (χ0) is 10.3. The lowest BCUT2D eigenvalue weighted by molar-refractivity contribution is 0.598. The van der Waals surface area contributed by atoms with Crippen molar-refractivity contribution in [2.45, 2.75) is 31.1 Å². The molecule has 0 saturated carbocycles. The average molecular weight is 221 g/mol. The first-order chi connectivity index (χ1) is 7.45. The molecule has 2 heteroatoms. The van der Waals surface area contributed by atoms with Crippen molar-refractivity contribution in [1.29, 1.82) is 0 Å². The maximum Gasteiger partial charge on any atom is 0.0205 e. The number of hydrogen-bond acceptors (Lipinski definition) is 2. The van der Waals surface area contributed by atoms with Crippen LogP contribution in [-0.2, 0) is 6.54 Å². The Balaban J connectivity index is 1.66. The minimum Gasteiger partial charge on any atom is -0.312 e. The van der Waals surface area contributed by atoms with Crippen LogP contribution in [0, 0.1) is 0 Å². The van der Waals surface area contributed by atoms with Gasteiger partial charge in [-0.3, -0.25) is 0 Å². The SMILES string of the molecule is c1ccc(CNCC2CCCCS2)cc1. The van der Waals surface area contributed by atoms with E-state index in [1.165, 1.54) is 37.1 Å². The second kappa shape index (κ2) is 6.19. The molecular weight excluding hydrogens is 202 g/mol. The highest BCUT2D eigenvalue weighted by molar-refractivity contribution is 7.99. The van der Waals surface area contributed by atoms with Gasteiger partial charge in [0.05, 0.1) is 0 Å². The van der Waals surface area contributed by atoms with Crippen molar-refractivity contribution in [2.24, 2.45) is 0 Å². The molecule has 1 aromatic carbocycles. The van der Waals surface area contributed by atoms with Gasteiger partial charge in [0.1, 0.15) is 0 Å². The van der Waals surface area contributed by atoms with Crippen molar-refractivity contribution in [1.82, 2.24) is 5.32 Å². The molecule has 0 spiro atoms. The van der Waals surface area contributed by atoms with Gasteiger partial charge in [-0.05, 0) is 24.2 Å². The first-order valence-corrected chi connectivity index (χ1v) is 6.86. The molecule has 1 nitrogen and oxygen atoms in total. The molecule has 1 aliphatic rings. The smallest absolute Gasteiger partial charge is 0.0205 e. The first-order valence-electron chi connectivity index (χ1n) is 5.81. The van der Waals surface area contributed by atoms with Crippen molar-refractivity contribution in [2.75, 3.05) is 12.3 Å². The fourth-order valence-corrected chi connectivity index (χ4v) is 3.21. The Morgan fingerprint density at radius 1 is 1.20 bits per heavy atom. The fourth-order valence-electron chi connectivity index (χ4n) is 1.94. The van der Waals surface area contributed by atoms with Crippen LogP contribution >= 0.6 is 11.8 Å². The molecule has 0 amide bonds. The van der Waals surface area contributed by atoms with Gasteiger partial charge in [0.15, 0.2) is 0 Å². The third-order valence-corrected chi connectivity index (χ3v) is 4.22. The molecule has 1 unspecified atom stereocenters. The Bertz CT molecular complexity index is 267. The number of thioether (sulfide) groups is 1. The zero-order valence-electron chi connectivity index (χ0n) is 9.11. The van der Waals surface area contributed by atoms with Crippen LogP contribution in [0.15, 0.2) is 30.3 Å². The topological polar surface area (TPSA) is 12.0 Å². The van der Waals surface area contributed by atoms with E-state index in [4.69, 9.17) is 0 Å². The molecule has 1 atom stereocenters. The second-order valence-electron chi connectivity index (χ2n) is 4.11. The minimum atomic E-state index is 0.850. The van der Waals surface area contributed by atoms with Gasteiger partial charge in [-0.1, -0.05) is 36.8 Å². The Morgan fingerprint density at radius 2 is 2.07 bits per heavy atom. The number of benzene rings is 1. The molecule has 1 heterocycles. The van der Waals surface area contributed by atoms with E-state index in [1.54, 1.807) is 0 Å². The monoisotopic (exact) mass is 221 g/mol. The quantitative estimate of drug-likeness (QED) is 0.838. The molecule has 15 heavy (non-hydrogen) atoms. The summed E-state index contributed by atoms with van der Waals surface area (Å²) in [6, 6.07) is 10.6. The minimum absolute atomic E-state index is 0.850. The van der Waals surface area contributed by atoms with Gasteiger partial charge < -0.3 is 5.32 Å². The summed E-state index contributed by atoms with van der Waals surface area (Å²) in [4.78, 5) is 0. The first kappa shape index (κ1) is 11.0. The van der Waals surface area contributed by atoms with E-state index in [-0.39, 0.29) is 0 Å². The maximum atomic E-state index is 3.55. The molecule has 0 bridgehead atoms.